The lowest BCUT2D eigenvalue weighted by Gasteiger charge is -2.11. The molecule has 3 aromatic rings. The smallest absolute Gasteiger partial charge is 0.279 e. The molecular weight excluding hydrogens is 482 g/mol. The zero-order valence-corrected chi connectivity index (χ0v) is 19.7. The number of methoxy groups -OCH3 is 1. The highest BCUT2D eigenvalue weighted by Crippen LogP contribution is 2.23. The summed E-state index contributed by atoms with van der Waals surface area (Å²) in [6.07, 6.45) is 4.78. The Morgan fingerprint density at radius 2 is 2.06 bits per heavy atom. The first-order valence-electron chi connectivity index (χ1n) is 10.1. The van der Waals surface area contributed by atoms with Crippen molar-refractivity contribution in [1.29, 1.82) is 0 Å². The molecule has 178 valence electrons. The minimum atomic E-state index is -3.54. The van der Waals surface area contributed by atoms with Crippen molar-refractivity contribution in [3.05, 3.63) is 58.8 Å². The lowest BCUT2D eigenvalue weighted by atomic mass is 10.1. The Kier molecular flexibility index (Phi) is 7.45. The number of hydrogen-bond acceptors (Lipinski definition) is 11. The molecule has 1 N–H and O–H groups in total. The van der Waals surface area contributed by atoms with E-state index in [1.165, 1.54) is 55.1 Å². The topological polar surface area (TPSA) is 142 Å². The van der Waals surface area contributed by atoms with E-state index in [9.17, 15) is 13.2 Å². The van der Waals surface area contributed by atoms with Crippen LogP contribution in [0.5, 0.6) is 5.88 Å². The number of nitrogens with zero attached hydrogens (tertiary/aromatic N) is 4. The summed E-state index contributed by atoms with van der Waals surface area (Å²) in [7, 11) is -2.08. The summed E-state index contributed by atoms with van der Waals surface area (Å²) in [6.45, 7) is 0.668. The number of amides is 1. The van der Waals surface area contributed by atoms with Gasteiger partial charge in [0, 0.05) is 23.7 Å². The number of nitrogens with one attached hydrogen (secondary N) is 1. The highest BCUT2D eigenvalue weighted by atomic mass is 32.2. The summed E-state index contributed by atoms with van der Waals surface area (Å²) in [5.74, 6) is -0.139. The summed E-state index contributed by atoms with van der Waals surface area (Å²) >= 11 is 1.39. The number of hydrogen-bond donors (Lipinski definition) is 1. The SMILES string of the molecule is COc1cnc(NC(=O)/C(=N/OCc2nccs2)c2ccc(S(=O)(=O)[C@H]3CCOC3)cc2)cn1. The van der Waals surface area contributed by atoms with Crippen molar-refractivity contribution < 1.29 is 27.5 Å². The van der Waals surface area contributed by atoms with Crippen LogP contribution in [0.15, 0.2) is 58.3 Å². The Balaban J connectivity index is 1.56. The Morgan fingerprint density at radius 1 is 1.24 bits per heavy atom. The normalized spacial score (nSPS) is 16.3. The molecule has 1 aromatic carbocycles. The van der Waals surface area contributed by atoms with Crippen LogP contribution in [0.4, 0.5) is 5.82 Å². The van der Waals surface area contributed by atoms with E-state index in [1.54, 1.807) is 11.6 Å². The molecule has 0 aliphatic carbocycles. The van der Waals surface area contributed by atoms with Gasteiger partial charge in [0.05, 0.1) is 36.3 Å². The molecule has 1 fully saturated rings. The highest BCUT2D eigenvalue weighted by molar-refractivity contribution is 7.92. The Labute approximate surface area is 199 Å². The number of benzene rings is 1. The van der Waals surface area contributed by atoms with Crippen molar-refractivity contribution in [2.75, 3.05) is 25.6 Å². The number of aromatic nitrogens is 3. The second kappa shape index (κ2) is 10.7. The lowest BCUT2D eigenvalue weighted by Crippen LogP contribution is -2.25. The van der Waals surface area contributed by atoms with E-state index in [0.717, 1.165) is 0 Å². The van der Waals surface area contributed by atoms with Gasteiger partial charge in [-0.2, -0.15) is 0 Å². The third kappa shape index (κ3) is 5.55. The number of carbonyl (C=O) groups excluding carboxylic acids is 1. The van der Waals surface area contributed by atoms with E-state index < -0.39 is 21.0 Å². The van der Waals surface area contributed by atoms with Gasteiger partial charge in [-0.15, -0.1) is 11.3 Å². The van der Waals surface area contributed by atoms with Crippen molar-refractivity contribution in [1.82, 2.24) is 15.0 Å². The molecule has 0 radical (unpaired) electrons. The van der Waals surface area contributed by atoms with Gasteiger partial charge in [0.15, 0.2) is 28.0 Å². The van der Waals surface area contributed by atoms with Crippen LogP contribution in [0.2, 0.25) is 0 Å². The van der Waals surface area contributed by atoms with Crippen LogP contribution in [0.1, 0.15) is 17.0 Å². The van der Waals surface area contributed by atoms with Gasteiger partial charge in [0.25, 0.3) is 5.91 Å². The average Bonchev–Trinajstić information content (AvgIpc) is 3.57. The maximum absolute atomic E-state index is 13.0. The molecule has 4 rings (SSSR count). The molecule has 0 spiro atoms. The Hall–Kier alpha value is -3.42. The number of thiazole rings is 1. The van der Waals surface area contributed by atoms with Crippen LogP contribution in [-0.2, 0) is 30.8 Å². The maximum atomic E-state index is 13.0. The minimum Gasteiger partial charge on any atom is -0.480 e. The summed E-state index contributed by atoms with van der Waals surface area (Å²) in [6, 6.07) is 5.90. The summed E-state index contributed by atoms with van der Waals surface area (Å²) in [5.41, 5.74) is 0.294. The molecule has 13 heteroatoms. The first-order chi connectivity index (χ1) is 16.5. The fourth-order valence-corrected chi connectivity index (χ4v) is 5.22. The van der Waals surface area contributed by atoms with E-state index in [-0.39, 0.29) is 29.6 Å². The zero-order valence-electron chi connectivity index (χ0n) is 18.1. The van der Waals surface area contributed by atoms with E-state index in [2.05, 4.69) is 25.4 Å². The van der Waals surface area contributed by atoms with Gasteiger partial charge in [0.2, 0.25) is 5.88 Å². The standard InChI is InChI=1S/C21H21N5O6S2/c1-30-18-11-23-17(10-24-18)25-21(27)20(26-32-13-19-22-7-9-33-19)14-2-4-15(5-3-14)34(28,29)16-6-8-31-12-16/h2-5,7,9-11,16H,6,8,12-13H2,1H3,(H,23,25,27)/b26-20+/t16-/m0/s1. The second-order valence-corrected chi connectivity index (χ2v) is 10.3. The van der Waals surface area contributed by atoms with Crippen molar-refractivity contribution >= 4 is 38.6 Å². The predicted molar refractivity (Wildman–Crippen MR) is 124 cm³/mol. The average molecular weight is 504 g/mol. The molecule has 0 saturated carbocycles. The molecule has 1 aliphatic heterocycles. The van der Waals surface area contributed by atoms with Crippen LogP contribution >= 0.6 is 11.3 Å². The number of rotatable bonds is 9. The van der Waals surface area contributed by atoms with Gasteiger partial charge < -0.3 is 19.6 Å². The van der Waals surface area contributed by atoms with Crippen LogP contribution in [0.3, 0.4) is 0 Å². The van der Waals surface area contributed by atoms with Crippen molar-refractivity contribution in [2.24, 2.45) is 5.16 Å². The summed E-state index contributed by atoms with van der Waals surface area (Å²) < 4.78 is 35.8. The molecule has 1 atom stereocenters. The van der Waals surface area contributed by atoms with E-state index in [0.29, 0.717) is 29.5 Å². The molecule has 2 aromatic heterocycles. The quantitative estimate of drug-likeness (QED) is 0.343. The number of anilines is 1. The monoisotopic (exact) mass is 503 g/mol. The molecule has 1 saturated heterocycles. The van der Waals surface area contributed by atoms with Crippen LogP contribution in [-0.4, -0.2) is 60.6 Å². The van der Waals surface area contributed by atoms with Gasteiger partial charge in [-0.05, 0) is 18.6 Å². The minimum absolute atomic E-state index is 0.0673. The number of sulfone groups is 1. The zero-order chi connectivity index (χ0) is 24.0. The first kappa shape index (κ1) is 23.7. The maximum Gasteiger partial charge on any atom is 0.279 e. The van der Waals surface area contributed by atoms with Gasteiger partial charge in [-0.3, -0.25) is 4.79 Å². The van der Waals surface area contributed by atoms with Gasteiger partial charge in [-0.1, -0.05) is 17.3 Å². The fourth-order valence-electron chi connectivity index (χ4n) is 3.12. The molecule has 11 nitrogen and oxygen atoms in total. The first-order valence-corrected chi connectivity index (χ1v) is 12.6. The van der Waals surface area contributed by atoms with Crippen LogP contribution in [0, 0.1) is 0 Å². The number of carbonyl (C=O) groups is 1. The van der Waals surface area contributed by atoms with Gasteiger partial charge in [-0.25, -0.2) is 23.4 Å². The molecule has 34 heavy (non-hydrogen) atoms. The lowest BCUT2D eigenvalue weighted by molar-refractivity contribution is -0.110. The van der Waals surface area contributed by atoms with E-state index in [4.69, 9.17) is 14.3 Å². The number of ether oxygens (including phenoxy) is 2. The van der Waals surface area contributed by atoms with E-state index in [1.807, 2.05) is 0 Å². The molecular formula is C21H21N5O6S2. The van der Waals surface area contributed by atoms with Crippen molar-refractivity contribution in [3.63, 3.8) is 0 Å². The van der Waals surface area contributed by atoms with Gasteiger partial charge in [0.1, 0.15) is 5.01 Å². The van der Waals surface area contributed by atoms with Crippen molar-refractivity contribution in [3.8, 4) is 5.88 Å². The Bertz CT molecular complexity index is 1240. The van der Waals surface area contributed by atoms with Gasteiger partial charge >= 0.3 is 0 Å². The van der Waals surface area contributed by atoms with E-state index >= 15 is 0 Å². The van der Waals surface area contributed by atoms with Crippen LogP contribution < -0.4 is 10.1 Å². The number of oxime groups is 1. The Morgan fingerprint density at radius 3 is 2.68 bits per heavy atom. The fraction of sp³-hybridized carbons (Fsp3) is 0.286. The highest BCUT2D eigenvalue weighted by Gasteiger charge is 2.31. The second-order valence-electron chi connectivity index (χ2n) is 7.09. The van der Waals surface area contributed by atoms with Crippen LogP contribution in [0.25, 0.3) is 0 Å². The summed E-state index contributed by atoms with van der Waals surface area (Å²) in [5, 5.41) is 8.50. The molecule has 3 heterocycles. The third-order valence-electron chi connectivity index (χ3n) is 4.90. The molecule has 1 aliphatic rings. The summed E-state index contributed by atoms with van der Waals surface area (Å²) in [4.78, 5) is 30.7. The molecule has 1 amide bonds. The molecule has 0 bridgehead atoms. The molecule has 0 unspecified atom stereocenters. The third-order valence-corrected chi connectivity index (χ3v) is 7.84. The van der Waals surface area contributed by atoms with Crippen molar-refractivity contribution in [2.45, 2.75) is 23.2 Å². The largest absolute Gasteiger partial charge is 0.480 e. The predicted octanol–water partition coefficient (Wildman–Crippen LogP) is 2.06.